The molecule has 1 aromatic rings. The van der Waals surface area contributed by atoms with Crippen LogP contribution in [0.25, 0.3) is 0 Å². The summed E-state index contributed by atoms with van der Waals surface area (Å²) >= 11 is 0. The van der Waals surface area contributed by atoms with Crippen molar-refractivity contribution in [1.82, 2.24) is 15.1 Å². The van der Waals surface area contributed by atoms with Crippen LogP contribution in [0.2, 0.25) is 0 Å². The fraction of sp³-hybridized carbons (Fsp3) is 0.474. The van der Waals surface area contributed by atoms with Crippen molar-refractivity contribution in [2.45, 2.75) is 19.8 Å². The highest BCUT2D eigenvalue weighted by molar-refractivity contribution is 5.99. The molecule has 1 N–H and O–H groups in total. The van der Waals surface area contributed by atoms with Crippen molar-refractivity contribution < 1.29 is 23.9 Å². The molecule has 8 heteroatoms. The summed E-state index contributed by atoms with van der Waals surface area (Å²) in [5, 5.41) is 2.55. The minimum atomic E-state index is -0.340. The summed E-state index contributed by atoms with van der Waals surface area (Å²) in [4.78, 5) is 50.8. The maximum Gasteiger partial charge on any atom is 0.223 e. The summed E-state index contributed by atoms with van der Waals surface area (Å²) < 4.78 is 5.03. The molecule has 1 aromatic carbocycles. The number of carbonyl (C=O) groups excluding carboxylic acids is 4. The van der Waals surface area contributed by atoms with Crippen molar-refractivity contribution in [1.29, 1.82) is 0 Å². The number of hydrogen-bond acceptors (Lipinski definition) is 5. The largest absolute Gasteiger partial charge is 0.497 e. The van der Waals surface area contributed by atoms with Crippen LogP contribution in [0.4, 0.5) is 0 Å². The summed E-state index contributed by atoms with van der Waals surface area (Å²) in [7, 11) is 1.54. The third kappa shape index (κ3) is 6.09. The van der Waals surface area contributed by atoms with Gasteiger partial charge in [-0.25, -0.2) is 0 Å². The summed E-state index contributed by atoms with van der Waals surface area (Å²) in [6, 6.07) is 6.63. The first kappa shape index (κ1) is 20.4. The van der Waals surface area contributed by atoms with E-state index in [1.165, 1.54) is 6.92 Å². The SMILES string of the molecule is COc1ccc(C(=O)CNC(=O)CCC(=O)N2CCN(C(C)=O)CC2)cc1. The van der Waals surface area contributed by atoms with Crippen LogP contribution in [-0.4, -0.2) is 73.1 Å². The van der Waals surface area contributed by atoms with Gasteiger partial charge in [0.15, 0.2) is 5.78 Å². The van der Waals surface area contributed by atoms with Gasteiger partial charge in [-0.2, -0.15) is 0 Å². The van der Waals surface area contributed by atoms with E-state index in [1.54, 1.807) is 41.2 Å². The average molecular weight is 375 g/mol. The van der Waals surface area contributed by atoms with E-state index in [1.807, 2.05) is 0 Å². The lowest BCUT2D eigenvalue weighted by Crippen LogP contribution is -2.50. The van der Waals surface area contributed by atoms with Crippen LogP contribution >= 0.6 is 0 Å². The number of ketones is 1. The minimum absolute atomic E-state index is 0.00278. The summed E-state index contributed by atoms with van der Waals surface area (Å²) in [5.41, 5.74) is 0.482. The molecule has 3 amide bonds. The highest BCUT2D eigenvalue weighted by Gasteiger charge is 2.22. The molecule has 0 aliphatic carbocycles. The average Bonchev–Trinajstić information content (AvgIpc) is 2.70. The smallest absolute Gasteiger partial charge is 0.223 e. The van der Waals surface area contributed by atoms with Crippen LogP contribution in [0.1, 0.15) is 30.1 Å². The predicted molar refractivity (Wildman–Crippen MR) is 98.4 cm³/mol. The maximum absolute atomic E-state index is 12.2. The molecule has 1 heterocycles. The van der Waals surface area contributed by atoms with E-state index in [0.717, 1.165) is 0 Å². The number of ether oxygens (including phenoxy) is 1. The number of nitrogens with zero attached hydrogens (tertiary/aromatic N) is 2. The van der Waals surface area contributed by atoms with Crippen LogP contribution < -0.4 is 10.1 Å². The molecule has 1 aliphatic rings. The molecule has 1 saturated heterocycles. The van der Waals surface area contributed by atoms with E-state index in [0.29, 0.717) is 37.5 Å². The normalized spacial score (nSPS) is 13.9. The van der Waals surface area contributed by atoms with Gasteiger partial charge in [-0.05, 0) is 24.3 Å². The Kier molecular flexibility index (Phi) is 7.34. The van der Waals surface area contributed by atoms with Crippen molar-refractivity contribution in [2.75, 3.05) is 39.8 Å². The highest BCUT2D eigenvalue weighted by atomic mass is 16.5. The number of amides is 3. The quantitative estimate of drug-likeness (QED) is 0.699. The van der Waals surface area contributed by atoms with Crippen molar-refractivity contribution in [2.24, 2.45) is 0 Å². The van der Waals surface area contributed by atoms with Crippen LogP contribution in [0.15, 0.2) is 24.3 Å². The van der Waals surface area contributed by atoms with E-state index in [4.69, 9.17) is 4.74 Å². The molecule has 1 fully saturated rings. The third-order valence-electron chi connectivity index (χ3n) is 4.50. The van der Waals surface area contributed by atoms with Crippen molar-refractivity contribution in [3.63, 3.8) is 0 Å². The molecule has 2 rings (SSSR count). The zero-order valence-corrected chi connectivity index (χ0v) is 15.7. The second-order valence-corrected chi connectivity index (χ2v) is 6.32. The molecular formula is C19H25N3O5. The molecule has 0 spiro atoms. The number of nitrogens with one attached hydrogen (secondary N) is 1. The summed E-state index contributed by atoms with van der Waals surface area (Å²) in [6.45, 7) is 3.39. The number of benzene rings is 1. The molecule has 1 aliphatic heterocycles. The van der Waals surface area contributed by atoms with Gasteiger partial charge >= 0.3 is 0 Å². The second-order valence-electron chi connectivity index (χ2n) is 6.32. The lowest BCUT2D eigenvalue weighted by Gasteiger charge is -2.34. The van der Waals surface area contributed by atoms with E-state index in [9.17, 15) is 19.2 Å². The molecule has 27 heavy (non-hydrogen) atoms. The predicted octanol–water partition coefficient (Wildman–Crippen LogP) is 0.465. The van der Waals surface area contributed by atoms with Crippen LogP contribution in [0.3, 0.4) is 0 Å². The van der Waals surface area contributed by atoms with Gasteiger partial charge in [-0.15, -0.1) is 0 Å². The first-order valence-electron chi connectivity index (χ1n) is 8.88. The summed E-state index contributed by atoms with van der Waals surface area (Å²) in [5.74, 6) is -0.0126. The Morgan fingerprint density at radius 1 is 0.963 bits per heavy atom. The van der Waals surface area contributed by atoms with Gasteiger partial charge in [-0.1, -0.05) is 0 Å². The van der Waals surface area contributed by atoms with E-state index in [-0.39, 0.29) is 42.9 Å². The molecule has 0 unspecified atom stereocenters. The van der Waals surface area contributed by atoms with Gasteiger partial charge in [0.25, 0.3) is 0 Å². The standard InChI is InChI=1S/C19H25N3O5/c1-14(23)21-9-11-22(12-10-21)19(26)8-7-18(25)20-13-17(24)15-3-5-16(27-2)6-4-15/h3-6H,7-13H2,1-2H3,(H,20,25). The van der Waals surface area contributed by atoms with Gasteiger partial charge in [0, 0.05) is 51.5 Å². The Bertz CT molecular complexity index is 694. The Morgan fingerprint density at radius 3 is 2.11 bits per heavy atom. The Morgan fingerprint density at radius 2 is 1.56 bits per heavy atom. The van der Waals surface area contributed by atoms with Crippen molar-refractivity contribution >= 4 is 23.5 Å². The highest BCUT2D eigenvalue weighted by Crippen LogP contribution is 2.11. The molecule has 8 nitrogen and oxygen atoms in total. The third-order valence-corrected chi connectivity index (χ3v) is 4.50. The number of piperazine rings is 1. The zero-order valence-electron chi connectivity index (χ0n) is 15.7. The molecule has 0 saturated carbocycles. The maximum atomic E-state index is 12.2. The van der Waals surface area contributed by atoms with Crippen molar-refractivity contribution in [3.05, 3.63) is 29.8 Å². The molecule has 0 atom stereocenters. The van der Waals surface area contributed by atoms with E-state index in [2.05, 4.69) is 5.32 Å². The van der Waals surface area contributed by atoms with Crippen LogP contribution in [0.5, 0.6) is 5.75 Å². The fourth-order valence-corrected chi connectivity index (χ4v) is 2.80. The molecular weight excluding hydrogens is 350 g/mol. The van der Waals surface area contributed by atoms with Crippen LogP contribution in [0, 0.1) is 0 Å². The molecule has 146 valence electrons. The second kappa shape index (κ2) is 9.70. The fourth-order valence-electron chi connectivity index (χ4n) is 2.80. The number of methoxy groups -OCH3 is 1. The van der Waals surface area contributed by atoms with Gasteiger partial charge in [0.05, 0.1) is 13.7 Å². The zero-order chi connectivity index (χ0) is 19.8. The van der Waals surface area contributed by atoms with Gasteiger partial charge in [-0.3, -0.25) is 19.2 Å². The van der Waals surface area contributed by atoms with Gasteiger partial charge < -0.3 is 19.9 Å². The van der Waals surface area contributed by atoms with Gasteiger partial charge in [0.1, 0.15) is 5.75 Å². The number of carbonyl (C=O) groups is 4. The molecule has 0 bridgehead atoms. The molecule has 0 radical (unpaired) electrons. The van der Waals surface area contributed by atoms with Crippen LogP contribution in [-0.2, 0) is 14.4 Å². The topological polar surface area (TPSA) is 96.0 Å². The number of hydrogen-bond donors (Lipinski definition) is 1. The van der Waals surface area contributed by atoms with E-state index < -0.39 is 0 Å². The Hall–Kier alpha value is -2.90. The Balaban J connectivity index is 1.69. The first-order valence-corrected chi connectivity index (χ1v) is 8.88. The number of Topliss-reactive ketones (excluding diaryl/α,β-unsaturated/α-hetero) is 1. The van der Waals surface area contributed by atoms with Crippen molar-refractivity contribution in [3.8, 4) is 5.75 Å². The van der Waals surface area contributed by atoms with Gasteiger partial charge in [0.2, 0.25) is 17.7 Å². The minimum Gasteiger partial charge on any atom is -0.497 e. The summed E-state index contributed by atoms with van der Waals surface area (Å²) in [6.07, 6.45) is 0.115. The lowest BCUT2D eigenvalue weighted by atomic mass is 10.1. The first-order chi connectivity index (χ1) is 12.9. The van der Waals surface area contributed by atoms with E-state index >= 15 is 0 Å². The Labute approximate surface area is 158 Å². The monoisotopic (exact) mass is 375 g/mol. The lowest BCUT2D eigenvalue weighted by molar-refractivity contribution is -0.139. The molecule has 0 aromatic heterocycles. The number of rotatable bonds is 7.